The first kappa shape index (κ1) is 17.2. The number of aromatic nitrogens is 1. The Labute approximate surface area is 159 Å². The maximum Gasteiger partial charge on any atom is 0.146 e. The molecule has 1 saturated heterocycles. The minimum Gasteiger partial charge on any atom is -0.497 e. The standard InChI is InChI=1S/C22H23N3O2/c1-26-19-10-6-17(7-11-19)24-15-16-25(18-8-12-20(27-2)13-9-18)22(24)21-5-3-4-14-23-21/h3-14,22H,15-16H2,1-2H3. The number of anilines is 2. The van der Waals surface area contributed by atoms with Gasteiger partial charge in [0.15, 0.2) is 0 Å². The van der Waals surface area contributed by atoms with Crippen LogP contribution in [0, 0.1) is 0 Å². The van der Waals surface area contributed by atoms with E-state index in [2.05, 4.69) is 45.1 Å². The van der Waals surface area contributed by atoms with E-state index >= 15 is 0 Å². The lowest BCUT2D eigenvalue weighted by atomic mass is 10.2. The second-order valence-corrected chi connectivity index (χ2v) is 6.41. The van der Waals surface area contributed by atoms with Gasteiger partial charge in [0.2, 0.25) is 0 Å². The van der Waals surface area contributed by atoms with E-state index in [9.17, 15) is 0 Å². The largest absolute Gasteiger partial charge is 0.497 e. The Kier molecular flexibility index (Phi) is 4.83. The fourth-order valence-electron chi connectivity index (χ4n) is 3.56. The van der Waals surface area contributed by atoms with E-state index in [1.807, 2.05) is 42.6 Å². The molecule has 0 N–H and O–H groups in total. The summed E-state index contributed by atoms with van der Waals surface area (Å²) in [7, 11) is 3.37. The first-order valence-electron chi connectivity index (χ1n) is 9.02. The maximum absolute atomic E-state index is 5.30. The molecule has 0 atom stereocenters. The smallest absolute Gasteiger partial charge is 0.146 e. The summed E-state index contributed by atoms with van der Waals surface area (Å²) in [5.74, 6) is 1.72. The number of hydrogen-bond donors (Lipinski definition) is 0. The number of benzene rings is 2. The van der Waals surface area contributed by atoms with Crippen LogP contribution in [0.3, 0.4) is 0 Å². The first-order valence-corrected chi connectivity index (χ1v) is 9.02. The minimum absolute atomic E-state index is 0.0352. The molecule has 3 aromatic rings. The zero-order chi connectivity index (χ0) is 18.6. The minimum atomic E-state index is 0.0352. The molecule has 1 fully saturated rings. The van der Waals surface area contributed by atoms with Crippen LogP contribution in [0.5, 0.6) is 11.5 Å². The van der Waals surface area contributed by atoms with Crippen molar-refractivity contribution < 1.29 is 9.47 Å². The lowest BCUT2D eigenvalue weighted by molar-refractivity contribution is 0.414. The average Bonchev–Trinajstić information content (AvgIpc) is 3.19. The highest BCUT2D eigenvalue weighted by atomic mass is 16.5. The van der Waals surface area contributed by atoms with Gasteiger partial charge in [0, 0.05) is 30.7 Å². The summed E-state index contributed by atoms with van der Waals surface area (Å²) in [6.45, 7) is 1.83. The van der Waals surface area contributed by atoms with Gasteiger partial charge in [0.05, 0.1) is 19.9 Å². The molecule has 0 spiro atoms. The molecule has 138 valence electrons. The highest BCUT2D eigenvalue weighted by Gasteiger charge is 2.34. The summed E-state index contributed by atoms with van der Waals surface area (Å²) in [6.07, 6.45) is 1.89. The van der Waals surface area contributed by atoms with E-state index in [1.54, 1.807) is 14.2 Å². The Balaban J connectivity index is 1.71. The SMILES string of the molecule is COc1ccc(N2CCN(c3ccc(OC)cc3)C2c2ccccn2)cc1. The Morgan fingerprint density at radius 1 is 0.741 bits per heavy atom. The molecule has 0 aliphatic carbocycles. The molecule has 0 bridgehead atoms. The van der Waals surface area contributed by atoms with Crippen molar-refractivity contribution in [1.82, 2.24) is 4.98 Å². The van der Waals surface area contributed by atoms with Crippen molar-refractivity contribution in [2.24, 2.45) is 0 Å². The third-order valence-corrected chi connectivity index (χ3v) is 4.93. The lowest BCUT2D eigenvalue weighted by Gasteiger charge is -2.32. The lowest BCUT2D eigenvalue weighted by Crippen LogP contribution is -2.31. The van der Waals surface area contributed by atoms with Crippen molar-refractivity contribution in [2.45, 2.75) is 6.17 Å². The molecule has 2 heterocycles. The van der Waals surface area contributed by atoms with E-state index in [4.69, 9.17) is 9.47 Å². The van der Waals surface area contributed by atoms with Crippen molar-refractivity contribution in [2.75, 3.05) is 37.1 Å². The topological polar surface area (TPSA) is 37.8 Å². The molecular weight excluding hydrogens is 338 g/mol. The number of ether oxygens (including phenoxy) is 2. The van der Waals surface area contributed by atoms with Crippen LogP contribution < -0.4 is 19.3 Å². The molecule has 27 heavy (non-hydrogen) atoms. The monoisotopic (exact) mass is 361 g/mol. The van der Waals surface area contributed by atoms with E-state index in [-0.39, 0.29) is 6.17 Å². The molecular formula is C22H23N3O2. The summed E-state index contributed by atoms with van der Waals surface area (Å²) >= 11 is 0. The molecule has 4 rings (SSSR count). The Morgan fingerprint density at radius 3 is 1.67 bits per heavy atom. The quantitative estimate of drug-likeness (QED) is 0.683. The van der Waals surface area contributed by atoms with Crippen LogP contribution >= 0.6 is 0 Å². The van der Waals surface area contributed by atoms with Gasteiger partial charge in [-0.25, -0.2) is 0 Å². The summed E-state index contributed by atoms with van der Waals surface area (Å²) in [6, 6.07) is 22.5. The molecule has 0 unspecified atom stereocenters. The van der Waals surface area contributed by atoms with Gasteiger partial charge in [-0.15, -0.1) is 0 Å². The zero-order valence-electron chi connectivity index (χ0n) is 15.6. The number of nitrogens with zero attached hydrogens (tertiary/aromatic N) is 3. The predicted molar refractivity (Wildman–Crippen MR) is 108 cm³/mol. The molecule has 1 aliphatic rings. The summed E-state index contributed by atoms with van der Waals surface area (Å²) in [5, 5.41) is 0. The van der Waals surface area contributed by atoms with Gasteiger partial charge in [-0.05, 0) is 60.7 Å². The van der Waals surface area contributed by atoms with Gasteiger partial charge in [-0.1, -0.05) is 6.07 Å². The maximum atomic E-state index is 5.30. The van der Waals surface area contributed by atoms with Crippen LogP contribution in [0.1, 0.15) is 11.9 Å². The molecule has 1 aromatic heterocycles. The fraction of sp³-hybridized carbons (Fsp3) is 0.227. The van der Waals surface area contributed by atoms with Gasteiger partial charge < -0.3 is 19.3 Å². The van der Waals surface area contributed by atoms with Gasteiger partial charge >= 0.3 is 0 Å². The van der Waals surface area contributed by atoms with Crippen LogP contribution in [-0.4, -0.2) is 32.3 Å². The van der Waals surface area contributed by atoms with Crippen LogP contribution in [0.25, 0.3) is 0 Å². The molecule has 1 aliphatic heterocycles. The summed E-state index contributed by atoms with van der Waals surface area (Å²) in [4.78, 5) is 9.41. The number of pyridine rings is 1. The summed E-state index contributed by atoms with van der Waals surface area (Å²) in [5.41, 5.74) is 3.34. The van der Waals surface area contributed by atoms with E-state index < -0.39 is 0 Å². The Morgan fingerprint density at radius 2 is 1.26 bits per heavy atom. The Hall–Kier alpha value is -3.21. The van der Waals surface area contributed by atoms with Gasteiger partial charge in [-0.3, -0.25) is 4.98 Å². The number of hydrogen-bond acceptors (Lipinski definition) is 5. The second kappa shape index (κ2) is 7.58. The van der Waals surface area contributed by atoms with Crippen LogP contribution in [0.15, 0.2) is 72.9 Å². The highest BCUT2D eigenvalue weighted by molar-refractivity contribution is 5.59. The van der Waals surface area contributed by atoms with Gasteiger partial charge in [0.1, 0.15) is 17.7 Å². The molecule has 2 aromatic carbocycles. The van der Waals surface area contributed by atoms with Crippen molar-refractivity contribution >= 4 is 11.4 Å². The molecule has 0 amide bonds. The van der Waals surface area contributed by atoms with Crippen molar-refractivity contribution in [1.29, 1.82) is 0 Å². The summed E-state index contributed by atoms with van der Waals surface area (Å²) < 4.78 is 10.6. The van der Waals surface area contributed by atoms with Crippen LogP contribution in [0.2, 0.25) is 0 Å². The fourth-order valence-corrected chi connectivity index (χ4v) is 3.56. The average molecular weight is 361 g/mol. The molecule has 5 heteroatoms. The molecule has 0 radical (unpaired) electrons. The number of rotatable bonds is 5. The number of methoxy groups -OCH3 is 2. The first-order chi connectivity index (χ1) is 13.3. The van der Waals surface area contributed by atoms with Crippen molar-refractivity contribution in [3.05, 3.63) is 78.6 Å². The van der Waals surface area contributed by atoms with Crippen LogP contribution in [-0.2, 0) is 0 Å². The normalized spacial score (nSPS) is 14.4. The van der Waals surface area contributed by atoms with Crippen molar-refractivity contribution in [3.63, 3.8) is 0 Å². The predicted octanol–water partition coefficient (Wildman–Crippen LogP) is 4.12. The third-order valence-electron chi connectivity index (χ3n) is 4.93. The Bertz CT molecular complexity index is 811. The van der Waals surface area contributed by atoms with E-state index in [1.165, 1.54) is 0 Å². The van der Waals surface area contributed by atoms with Gasteiger partial charge in [0.25, 0.3) is 0 Å². The van der Waals surface area contributed by atoms with Gasteiger partial charge in [-0.2, -0.15) is 0 Å². The van der Waals surface area contributed by atoms with E-state index in [0.29, 0.717) is 0 Å². The van der Waals surface area contributed by atoms with Crippen LogP contribution in [0.4, 0.5) is 11.4 Å². The highest BCUT2D eigenvalue weighted by Crippen LogP contribution is 2.37. The molecule has 0 saturated carbocycles. The third kappa shape index (κ3) is 3.40. The zero-order valence-corrected chi connectivity index (χ0v) is 15.6. The molecule has 5 nitrogen and oxygen atoms in total. The second-order valence-electron chi connectivity index (χ2n) is 6.41. The van der Waals surface area contributed by atoms with Crippen molar-refractivity contribution in [3.8, 4) is 11.5 Å². The van der Waals surface area contributed by atoms with E-state index in [0.717, 1.165) is 41.7 Å².